The summed E-state index contributed by atoms with van der Waals surface area (Å²) in [6.45, 7) is 2.03. The average molecular weight is 294 g/mol. The van der Waals surface area contributed by atoms with Gasteiger partial charge in [-0.15, -0.1) is 0 Å². The van der Waals surface area contributed by atoms with E-state index in [2.05, 4.69) is 10.2 Å². The zero-order chi connectivity index (χ0) is 14.5. The molecule has 0 aromatic rings. The average Bonchev–Trinajstić information content (AvgIpc) is 2.88. The van der Waals surface area contributed by atoms with Gasteiger partial charge in [-0.25, -0.2) is 0 Å². The molecule has 0 radical (unpaired) electrons. The maximum Gasteiger partial charge on any atom is 0.244 e. The lowest BCUT2D eigenvalue weighted by molar-refractivity contribution is -0.136. The van der Waals surface area contributed by atoms with Crippen LogP contribution in [0.3, 0.4) is 0 Å². The minimum atomic E-state index is -0.297. The Morgan fingerprint density at radius 3 is 2.67 bits per heavy atom. The van der Waals surface area contributed by atoms with Gasteiger partial charge >= 0.3 is 0 Å². The quantitative estimate of drug-likeness (QED) is 0.848. The summed E-state index contributed by atoms with van der Waals surface area (Å²) in [7, 11) is 1.75. The molecule has 0 aromatic heterocycles. The van der Waals surface area contributed by atoms with E-state index in [9.17, 15) is 4.79 Å². The molecular formula is C16H26N2O3. The Labute approximate surface area is 126 Å². The second kappa shape index (κ2) is 4.93. The molecule has 1 spiro atoms. The summed E-state index contributed by atoms with van der Waals surface area (Å²) in [5.41, 5.74) is -0.518. The summed E-state index contributed by atoms with van der Waals surface area (Å²) in [4.78, 5) is 15.0. The maximum absolute atomic E-state index is 12.9. The van der Waals surface area contributed by atoms with E-state index in [1.165, 1.54) is 25.7 Å². The Morgan fingerprint density at radius 2 is 2.10 bits per heavy atom. The van der Waals surface area contributed by atoms with Gasteiger partial charge in [0.2, 0.25) is 5.91 Å². The number of carbonyl (C=O) groups is 1. The van der Waals surface area contributed by atoms with Crippen LogP contribution in [0.2, 0.25) is 0 Å². The van der Waals surface area contributed by atoms with Crippen molar-refractivity contribution in [2.45, 2.75) is 62.3 Å². The van der Waals surface area contributed by atoms with Gasteiger partial charge in [0.15, 0.2) is 0 Å². The number of hydrogen-bond acceptors (Lipinski definition) is 4. The second-order valence-electron chi connectivity index (χ2n) is 7.34. The number of ether oxygens (including phenoxy) is 2. The Kier molecular flexibility index (Phi) is 3.28. The summed E-state index contributed by atoms with van der Waals surface area (Å²) < 4.78 is 11.3. The van der Waals surface area contributed by atoms with Crippen LogP contribution in [-0.4, -0.2) is 55.0 Å². The molecule has 5 nitrogen and oxygen atoms in total. The number of amides is 1. The number of rotatable bonds is 4. The van der Waals surface area contributed by atoms with Crippen molar-refractivity contribution in [2.75, 3.05) is 26.9 Å². The first-order valence-corrected chi connectivity index (χ1v) is 8.40. The first-order chi connectivity index (χ1) is 10.2. The summed E-state index contributed by atoms with van der Waals surface area (Å²) in [5, 5.41) is 3.68. The third kappa shape index (κ3) is 2.21. The van der Waals surface area contributed by atoms with Gasteiger partial charge in [-0.1, -0.05) is 12.8 Å². The van der Waals surface area contributed by atoms with Gasteiger partial charge in [-0.05, 0) is 31.6 Å². The van der Waals surface area contributed by atoms with E-state index in [0.717, 1.165) is 25.9 Å². The minimum absolute atomic E-state index is 0.218. The summed E-state index contributed by atoms with van der Waals surface area (Å²) >= 11 is 0. The molecule has 2 atom stereocenters. The SMILES string of the molecule is COC1(CN2C(=O)C3(CC3)NC2C2CCCC2)CCOC1. The fourth-order valence-electron chi connectivity index (χ4n) is 4.37. The van der Waals surface area contributed by atoms with E-state index in [-0.39, 0.29) is 17.3 Å². The molecule has 21 heavy (non-hydrogen) atoms. The molecular weight excluding hydrogens is 268 g/mol. The lowest BCUT2D eigenvalue weighted by Crippen LogP contribution is -2.51. The highest BCUT2D eigenvalue weighted by Crippen LogP contribution is 2.46. The molecule has 5 heteroatoms. The molecule has 1 amide bonds. The van der Waals surface area contributed by atoms with Crippen LogP contribution in [0.4, 0.5) is 0 Å². The van der Waals surface area contributed by atoms with E-state index in [1.54, 1.807) is 7.11 Å². The molecule has 4 fully saturated rings. The highest BCUT2D eigenvalue weighted by Gasteiger charge is 2.61. The molecule has 2 unspecified atom stereocenters. The standard InChI is InChI=1S/C16H26N2O3/c1-20-15(8-9-21-11-15)10-18-13(12-4-2-3-5-12)17-16(6-7-16)14(18)19/h12-13,17H,2-11H2,1H3. The van der Waals surface area contributed by atoms with Crippen LogP contribution in [0.15, 0.2) is 0 Å². The Hall–Kier alpha value is -0.650. The number of nitrogens with one attached hydrogen (secondary N) is 1. The second-order valence-corrected chi connectivity index (χ2v) is 7.34. The van der Waals surface area contributed by atoms with Gasteiger partial charge in [-0.3, -0.25) is 10.1 Å². The zero-order valence-electron chi connectivity index (χ0n) is 12.9. The number of methoxy groups -OCH3 is 1. The van der Waals surface area contributed by atoms with Gasteiger partial charge in [0, 0.05) is 20.1 Å². The van der Waals surface area contributed by atoms with E-state index >= 15 is 0 Å². The minimum Gasteiger partial charge on any atom is -0.378 e. The Morgan fingerprint density at radius 1 is 1.33 bits per heavy atom. The van der Waals surface area contributed by atoms with Crippen molar-refractivity contribution in [1.29, 1.82) is 0 Å². The van der Waals surface area contributed by atoms with Crippen LogP contribution < -0.4 is 5.32 Å². The number of carbonyl (C=O) groups excluding carboxylic acids is 1. The van der Waals surface area contributed by atoms with Gasteiger partial charge in [0.25, 0.3) is 0 Å². The molecule has 0 aromatic carbocycles. The third-order valence-electron chi connectivity index (χ3n) is 5.99. The van der Waals surface area contributed by atoms with Crippen LogP contribution in [0.5, 0.6) is 0 Å². The van der Waals surface area contributed by atoms with Crippen molar-refractivity contribution >= 4 is 5.91 Å². The van der Waals surface area contributed by atoms with Crippen LogP contribution in [-0.2, 0) is 14.3 Å². The molecule has 118 valence electrons. The fraction of sp³-hybridized carbons (Fsp3) is 0.938. The van der Waals surface area contributed by atoms with Gasteiger partial charge in [0.05, 0.1) is 24.9 Å². The van der Waals surface area contributed by atoms with Crippen LogP contribution >= 0.6 is 0 Å². The molecule has 4 aliphatic rings. The van der Waals surface area contributed by atoms with E-state index in [1.807, 2.05) is 0 Å². The smallest absolute Gasteiger partial charge is 0.244 e. The molecule has 4 rings (SSSR count). The first-order valence-electron chi connectivity index (χ1n) is 8.40. The van der Waals surface area contributed by atoms with Crippen molar-refractivity contribution in [3.63, 3.8) is 0 Å². The molecule has 2 heterocycles. The molecule has 2 aliphatic heterocycles. The normalized spacial score (nSPS) is 38.8. The molecule has 1 N–H and O–H groups in total. The predicted octanol–water partition coefficient (Wildman–Crippen LogP) is 1.27. The third-order valence-corrected chi connectivity index (χ3v) is 5.99. The highest BCUT2D eigenvalue weighted by atomic mass is 16.5. The first kappa shape index (κ1) is 14.0. The maximum atomic E-state index is 12.9. The Bertz CT molecular complexity index is 423. The monoisotopic (exact) mass is 294 g/mol. The molecule has 0 bridgehead atoms. The van der Waals surface area contributed by atoms with Crippen LogP contribution in [0.1, 0.15) is 44.9 Å². The zero-order valence-corrected chi connectivity index (χ0v) is 12.9. The van der Waals surface area contributed by atoms with Crippen molar-refractivity contribution in [3.05, 3.63) is 0 Å². The fourth-order valence-corrected chi connectivity index (χ4v) is 4.37. The van der Waals surface area contributed by atoms with Crippen LogP contribution in [0, 0.1) is 5.92 Å². The van der Waals surface area contributed by atoms with Crippen molar-refractivity contribution in [2.24, 2.45) is 5.92 Å². The Balaban J connectivity index is 1.56. The van der Waals surface area contributed by atoms with E-state index in [0.29, 0.717) is 25.0 Å². The number of nitrogens with zero attached hydrogens (tertiary/aromatic N) is 1. The summed E-state index contributed by atoms with van der Waals surface area (Å²) in [5.74, 6) is 0.924. The van der Waals surface area contributed by atoms with Crippen molar-refractivity contribution in [3.8, 4) is 0 Å². The van der Waals surface area contributed by atoms with Crippen LogP contribution in [0.25, 0.3) is 0 Å². The predicted molar refractivity (Wildman–Crippen MR) is 77.7 cm³/mol. The molecule has 2 saturated carbocycles. The lowest BCUT2D eigenvalue weighted by Gasteiger charge is -2.36. The lowest BCUT2D eigenvalue weighted by atomic mass is 9.99. The number of hydrogen-bond donors (Lipinski definition) is 1. The van der Waals surface area contributed by atoms with Crippen molar-refractivity contribution in [1.82, 2.24) is 10.2 Å². The highest BCUT2D eigenvalue weighted by molar-refractivity contribution is 5.92. The van der Waals surface area contributed by atoms with E-state index in [4.69, 9.17) is 9.47 Å². The van der Waals surface area contributed by atoms with Gasteiger partial charge in [0.1, 0.15) is 5.60 Å². The van der Waals surface area contributed by atoms with Crippen molar-refractivity contribution < 1.29 is 14.3 Å². The summed E-state index contributed by atoms with van der Waals surface area (Å²) in [6, 6.07) is 0. The summed E-state index contributed by atoms with van der Waals surface area (Å²) in [6.07, 6.45) is 8.20. The topological polar surface area (TPSA) is 50.8 Å². The largest absolute Gasteiger partial charge is 0.378 e. The molecule has 2 saturated heterocycles. The van der Waals surface area contributed by atoms with Gasteiger partial charge < -0.3 is 14.4 Å². The molecule has 2 aliphatic carbocycles. The van der Waals surface area contributed by atoms with Gasteiger partial charge in [-0.2, -0.15) is 0 Å². The van der Waals surface area contributed by atoms with E-state index < -0.39 is 0 Å².